The van der Waals surface area contributed by atoms with E-state index in [9.17, 15) is 9.59 Å². The fourth-order valence-electron chi connectivity index (χ4n) is 2.96. The lowest BCUT2D eigenvalue weighted by molar-refractivity contribution is -0.139. The fraction of sp³-hybridized carbons (Fsp3) is 0.286. The lowest BCUT2D eigenvalue weighted by atomic mass is 10.2. The molecule has 1 aliphatic rings. The summed E-state index contributed by atoms with van der Waals surface area (Å²) in [6, 6.07) is 17.3. The topological polar surface area (TPSA) is 79.8 Å². The van der Waals surface area contributed by atoms with Crippen LogP contribution >= 0.6 is 0 Å². The van der Waals surface area contributed by atoms with Crippen molar-refractivity contribution in [1.82, 2.24) is 10.7 Å². The minimum atomic E-state index is -0.755. The normalized spacial score (nSPS) is 14.2. The van der Waals surface area contributed by atoms with E-state index in [1.807, 2.05) is 54.6 Å². The van der Waals surface area contributed by atoms with Gasteiger partial charge in [0.25, 0.3) is 0 Å². The largest absolute Gasteiger partial charge is 0.489 e. The summed E-state index contributed by atoms with van der Waals surface area (Å²) in [4.78, 5) is 23.6. The van der Waals surface area contributed by atoms with Gasteiger partial charge in [-0.25, -0.2) is 5.43 Å². The molecule has 0 heterocycles. The van der Waals surface area contributed by atoms with E-state index in [1.54, 1.807) is 0 Å². The summed E-state index contributed by atoms with van der Waals surface area (Å²) in [5, 5.41) is 6.58. The summed E-state index contributed by atoms with van der Waals surface area (Å²) < 4.78 is 5.76. The summed E-state index contributed by atoms with van der Waals surface area (Å²) in [5.74, 6) is -0.693. The van der Waals surface area contributed by atoms with Crippen molar-refractivity contribution in [3.05, 3.63) is 65.7 Å². The lowest BCUT2D eigenvalue weighted by Gasteiger charge is -2.10. The maximum Gasteiger partial charge on any atom is 0.329 e. The van der Waals surface area contributed by atoms with Crippen LogP contribution in [-0.4, -0.2) is 24.1 Å². The third-order valence-corrected chi connectivity index (χ3v) is 4.38. The molecule has 0 atom stereocenters. The molecule has 0 unspecified atom stereocenters. The van der Waals surface area contributed by atoms with Crippen molar-refractivity contribution in [3.8, 4) is 5.75 Å². The highest BCUT2D eigenvalue weighted by Crippen LogP contribution is 2.17. The Morgan fingerprint density at radius 1 is 1.04 bits per heavy atom. The Morgan fingerprint density at radius 3 is 2.59 bits per heavy atom. The number of ether oxygens (including phenoxy) is 1. The van der Waals surface area contributed by atoms with Crippen LogP contribution in [0, 0.1) is 0 Å². The van der Waals surface area contributed by atoms with Crippen molar-refractivity contribution >= 4 is 18.0 Å². The van der Waals surface area contributed by atoms with Crippen LogP contribution in [0.3, 0.4) is 0 Å². The number of rotatable bonds is 6. The zero-order valence-electron chi connectivity index (χ0n) is 15.1. The third kappa shape index (κ3) is 5.95. The van der Waals surface area contributed by atoms with Crippen LogP contribution in [-0.2, 0) is 16.2 Å². The number of carbonyl (C=O) groups is 2. The minimum Gasteiger partial charge on any atom is -0.489 e. The molecule has 1 fully saturated rings. The average Bonchev–Trinajstić information content (AvgIpc) is 3.20. The van der Waals surface area contributed by atoms with Gasteiger partial charge in [-0.15, -0.1) is 0 Å². The van der Waals surface area contributed by atoms with Gasteiger partial charge >= 0.3 is 11.8 Å². The molecule has 0 bridgehead atoms. The predicted octanol–water partition coefficient (Wildman–Crippen LogP) is 2.77. The number of carbonyl (C=O) groups excluding carboxylic acids is 2. The molecular formula is C21H23N3O3. The van der Waals surface area contributed by atoms with Crippen LogP contribution < -0.4 is 15.5 Å². The van der Waals surface area contributed by atoms with Gasteiger partial charge < -0.3 is 10.1 Å². The van der Waals surface area contributed by atoms with E-state index in [0.717, 1.165) is 36.8 Å². The average molecular weight is 365 g/mol. The van der Waals surface area contributed by atoms with Crippen molar-refractivity contribution in [1.29, 1.82) is 0 Å². The summed E-state index contributed by atoms with van der Waals surface area (Å²) in [6.07, 6.45) is 5.52. The molecule has 140 valence electrons. The number of benzene rings is 2. The Morgan fingerprint density at radius 2 is 1.81 bits per heavy atom. The Hall–Kier alpha value is -3.15. The zero-order chi connectivity index (χ0) is 18.9. The van der Waals surface area contributed by atoms with E-state index in [1.165, 1.54) is 6.21 Å². The molecule has 0 saturated heterocycles. The van der Waals surface area contributed by atoms with Crippen LogP contribution in [0.4, 0.5) is 0 Å². The van der Waals surface area contributed by atoms with E-state index in [4.69, 9.17) is 4.74 Å². The van der Waals surface area contributed by atoms with Gasteiger partial charge in [0.15, 0.2) is 0 Å². The molecule has 0 aromatic heterocycles. The maximum absolute atomic E-state index is 11.8. The summed E-state index contributed by atoms with van der Waals surface area (Å²) in [5.41, 5.74) is 4.10. The third-order valence-electron chi connectivity index (χ3n) is 4.38. The summed E-state index contributed by atoms with van der Waals surface area (Å²) >= 11 is 0. The van der Waals surface area contributed by atoms with Crippen molar-refractivity contribution in [3.63, 3.8) is 0 Å². The second-order valence-electron chi connectivity index (χ2n) is 6.50. The zero-order valence-corrected chi connectivity index (χ0v) is 15.1. The summed E-state index contributed by atoms with van der Waals surface area (Å²) in [7, 11) is 0. The van der Waals surface area contributed by atoms with Crippen LogP contribution in [0.2, 0.25) is 0 Å². The number of nitrogens with zero attached hydrogens (tertiary/aromatic N) is 1. The van der Waals surface area contributed by atoms with Crippen molar-refractivity contribution in [2.24, 2.45) is 5.10 Å². The molecular weight excluding hydrogens is 342 g/mol. The monoisotopic (exact) mass is 365 g/mol. The van der Waals surface area contributed by atoms with Crippen molar-refractivity contribution < 1.29 is 14.3 Å². The van der Waals surface area contributed by atoms with E-state index >= 15 is 0 Å². The van der Waals surface area contributed by atoms with Crippen molar-refractivity contribution in [2.45, 2.75) is 38.3 Å². The van der Waals surface area contributed by atoms with Gasteiger partial charge in [-0.2, -0.15) is 5.10 Å². The molecule has 0 aliphatic heterocycles. The quantitative estimate of drug-likeness (QED) is 0.469. The van der Waals surface area contributed by atoms with E-state index < -0.39 is 11.8 Å². The van der Waals surface area contributed by atoms with Gasteiger partial charge in [0.1, 0.15) is 12.4 Å². The molecule has 1 saturated carbocycles. The van der Waals surface area contributed by atoms with Crippen LogP contribution in [0.5, 0.6) is 5.75 Å². The Labute approximate surface area is 158 Å². The molecule has 2 aromatic rings. The molecule has 2 N–H and O–H groups in total. The molecule has 6 nitrogen and oxygen atoms in total. The molecule has 1 aliphatic carbocycles. The Bertz CT molecular complexity index is 799. The molecule has 2 aromatic carbocycles. The first kappa shape index (κ1) is 18.6. The Balaban J connectivity index is 1.48. The van der Waals surface area contributed by atoms with E-state index in [2.05, 4.69) is 15.8 Å². The van der Waals surface area contributed by atoms with Gasteiger partial charge in [0.2, 0.25) is 0 Å². The van der Waals surface area contributed by atoms with Crippen LogP contribution in [0.15, 0.2) is 59.7 Å². The fourth-order valence-corrected chi connectivity index (χ4v) is 2.96. The van der Waals surface area contributed by atoms with E-state index in [0.29, 0.717) is 12.4 Å². The first-order valence-corrected chi connectivity index (χ1v) is 9.11. The molecule has 3 rings (SSSR count). The summed E-state index contributed by atoms with van der Waals surface area (Å²) in [6.45, 7) is 0.472. The highest BCUT2D eigenvalue weighted by Gasteiger charge is 2.20. The molecule has 2 amide bonds. The first-order valence-electron chi connectivity index (χ1n) is 9.11. The predicted molar refractivity (Wildman–Crippen MR) is 103 cm³/mol. The standard InChI is InChI=1S/C21H23N3O3/c25-20(23-18-10-4-5-11-18)21(26)24-22-14-17-9-6-12-19(13-17)27-15-16-7-2-1-3-8-16/h1-3,6-9,12-14,18H,4-5,10-11,15H2,(H,23,25)(H,24,26)/b22-14-. The van der Waals surface area contributed by atoms with Crippen molar-refractivity contribution in [2.75, 3.05) is 0 Å². The second-order valence-corrected chi connectivity index (χ2v) is 6.50. The molecule has 0 radical (unpaired) electrons. The minimum absolute atomic E-state index is 0.102. The molecule has 27 heavy (non-hydrogen) atoms. The highest BCUT2D eigenvalue weighted by atomic mass is 16.5. The first-order chi connectivity index (χ1) is 13.2. The lowest BCUT2D eigenvalue weighted by Crippen LogP contribution is -2.42. The highest BCUT2D eigenvalue weighted by molar-refractivity contribution is 6.35. The second kappa shape index (κ2) is 9.52. The van der Waals surface area contributed by atoms with E-state index in [-0.39, 0.29) is 6.04 Å². The SMILES string of the molecule is O=C(N/N=C\c1cccc(OCc2ccccc2)c1)C(=O)NC1CCCC1. The number of hydrogen-bond acceptors (Lipinski definition) is 4. The maximum atomic E-state index is 11.8. The smallest absolute Gasteiger partial charge is 0.329 e. The van der Waals surface area contributed by atoms with Gasteiger partial charge in [-0.05, 0) is 36.1 Å². The number of hydrazone groups is 1. The number of nitrogens with one attached hydrogen (secondary N) is 2. The molecule has 0 spiro atoms. The Kier molecular flexibility index (Phi) is 6.57. The van der Waals surface area contributed by atoms with Gasteiger partial charge in [0.05, 0.1) is 6.21 Å². The van der Waals surface area contributed by atoms with Crippen LogP contribution in [0.25, 0.3) is 0 Å². The van der Waals surface area contributed by atoms with Gasteiger partial charge in [0, 0.05) is 6.04 Å². The number of hydrogen-bond donors (Lipinski definition) is 2. The molecule has 6 heteroatoms. The van der Waals surface area contributed by atoms with Gasteiger partial charge in [-0.3, -0.25) is 9.59 Å². The van der Waals surface area contributed by atoms with Gasteiger partial charge in [-0.1, -0.05) is 55.3 Å². The number of amides is 2. The van der Waals surface area contributed by atoms with Crippen LogP contribution in [0.1, 0.15) is 36.8 Å².